The lowest BCUT2D eigenvalue weighted by molar-refractivity contribution is -0.136. The summed E-state index contributed by atoms with van der Waals surface area (Å²) in [6, 6.07) is -2.54. The van der Waals surface area contributed by atoms with Crippen LogP contribution in [0.15, 0.2) is 0 Å². The van der Waals surface area contributed by atoms with E-state index in [1.807, 2.05) is 13.8 Å². The van der Waals surface area contributed by atoms with Gasteiger partial charge in [-0.3, -0.25) is 14.4 Å². The molecule has 0 radical (unpaired) electrons. The molecule has 7 N–H and O–H groups in total. The molecular formula is C21H41N5O6S. The molecule has 5 atom stereocenters. The van der Waals surface area contributed by atoms with E-state index in [1.165, 1.54) is 6.92 Å². The summed E-state index contributed by atoms with van der Waals surface area (Å²) < 4.78 is 27.1. The van der Waals surface area contributed by atoms with Gasteiger partial charge < -0.3 is 26.8 Å². The van der Waals surface area contributed by atoms with Gasteiger partial charge in [0.1, 0.15) is 6.04 Å². The summed E-state index contributed by atoms with van der Waals surface area (Å²) in [5.41, 5.74) is 5.56. The highest BCUT2D eigenvalue weighted by molar-refractivity contribution is 7.89. The van der Waals surface area contributed by atoms with Crippen LogP contribution in [0.2, 0.25) is 0 Å². The first kappa shape index (κ1) is 29.4. The lowest BCUT2D eigenvalue weighted by Gasteiger charge is -2.31. The molecule has 2 amide bonds. The van der Waals surface area contributed by atoms with Crippen LogP contribution in [-0.4, -0.2) is 80.7 Å². The molecule has 1 rings (SSSR count). The van der Waals surface area contributed by atoms with Crippen molar-refractivity contribution in [2.45, 2.75) is 71.7 Å². The van der Waals surface area contributed by atoms with E-state index in [1.54, 1.807) is 13.8 Å². The van der Waals surface area contributed by atoms with Crippen molar-refractivity contribution in [1.29, 1.82) is 0 Å². The van der Waals surface area contributed by atoms with E-state index in [9.17, 15) is 27.9 Å². The molecule has 0 aromatic rings. The highest BCUT2D eigenvalue weighted by Gasteiger charge is 2.34. The Labute approximate surface area is 197 Å². The minimum atomic E-state index is -3.48. The number of aliphatic hydroxyl groups excluding tert-OH is 1. The monoisotopic (exact) mass is 491 g/mol. The van der Waals surface area contributed by atoms with Crippen molar-refractivity contribution in [3.8, 4) is 0 Å². The maximum Gasteiger partial charge on any atom is 0.245 e. The van der Waals surface area contributed by atoms with Gasteiger partial charge in [-0.15, -0.1) is 0 Å². The average Bonchev–Trinajstić information content (AvgIpc) is 2.69. The highest BCUT2D eigenvalue weighted by atomic mass is 32.2. The number of hydrogen-bond donors (Lipinski definition) is 6. The molecule has 0 aliphatic carbocycles. The van der Waals surface area contributed by atoms with Gasteiger partial charge in [-0.2, -0.15) is 0 Å². The lowest BCUT2D eigenvalue weighted by atomic mass is 9.94. The van der Waals surface area contributed by atoms with Crippen molar-refractivity contribution in [1.82, 2.24) is 20.7 Å². The zero-order valence-electron chi connectivity index (χ0n) is 20.3. The third-order valence-corrected chi connectivity index (χ3v) is 7.17. The first-order valence-electron chi connectivity index (χ1n) is 11.5. The fraction of sp³-hybridized carbons (Fsp3) is 0.857. The van der Waals surface area contributed by atoms with E-state index in [0.717, 1.165) is 0 Å². The van der Waals surface area contributed by atoms with Gasteiger partial charge in [-0.05, 0) is 32.2 Å². The highest BCUT2D eigenvalue weighted by Crippen LogP contribution is 2.14. The Morgan fingerprint density at radius 2 is 1.73 bits per heavy atom. The van der Waals surface area contributed by atoms with Gasteiger partial charge in [0.2, 0.25) is 21.8 Å². The molecule has 2 unspecified atom stereocenters. The molecule has 1 aliphatic heterocycles. The van der Waals surface area contributed by atoms with Crippen LogP contribution in [0, 0.1) is 17.8 Å². The number of Topliss-reactive ketones (excluding diaryl/α,β-unsaturated/α-hetero) is 1. The Morgan fingerprint density at radius 1 is 1.09 bits per heavy atom. The van der Waals surface area contributed by atoms with Crippen LogP contribution in [0.5, 0.6) is 0 Å². The molecule has 192 valence electrons. The van der Waals surface area contributed by atoms with Gasteiger partial charge >= 0.3 is 0 Å². The molecule has 1 heterocycles. The van der Waals surface area contributed by atoms with Crippen LogP contribution in [-0.2, 0) is 24.4 Å². The third kappa shape index (κ3) is 10.0. The largest absolute Gasteiger partial charge is 0.391 e. The van der Waals surface area contributed by atoms with Gasteiger partial charge in [0.05, 0.1) is 23.8 Å². The number of rotatable bonds is 13. The first-order valence-corrected chi connectivity index (χ1v) is 13.2. The van der Waals surface area contributed by atoms with E-state index in [-0.39, 0.29) is 42.8 Å². The summed E-state index contributed by atoms with van der Waals surface area (Å²) >= 11 is 0. The fourth-order valence-corrected chi connectivity index (χ4v) is 5.43. The van der Waals surface area contributed by atoms with Crippen molar-refractivity contribution in [3.63, 3.8) is 0 Å². The van der Waals surface area contributed by atoms with Gasteiger partial charge in [0, 0.05) is 25.0 Å². The fourth-order valence-electron chi connectivity index (χ4n) is 3.76. The molecule has 1 saturated heterocycles. The van der Waals surface area contributed by atoms with Crippen LogP contribution in [0.3, 0.4) is 0 Å². The Morgan fingerprint density at radius 3 is 2.24 bits per heavy atom. The number of carbonyl (C=O) groups is 3. The predicted octanol–water partition coefficient (Wildman–Crippen LogP) is -1.54. The average molecular weight is 492 g/mol. The number of nitrogens with two attached hydrogens (primary N) is 1. The number of amides is 2. The quantitative estimate of drug-likeness (QED) is 0.179. The van der Waals surface area contributed by atoms with E-state index in [4.69, 9.17) is 5.73 Å². The first-order chi connectivity index (χ1) is 15.3. The topological polar surface area (TPSA) is 180 Å². The van der Waals surface area contributed by atoms with Crippen LogP contribution in [0.25, 0.3) is 0 Å². The SMILES string of the molecule is CC(C)CS(=O)(=O)NC1CNCC(C(=O)N[C@H](C(=O)N[C@@H](CCN)C(=O)C(C)C)[C@H](C)O)C1. The number of hydrogen-bond acceptors (Lipinski definition) is 8. The second-order valence-electron chi connectivity index (χ2n) is 9.50. The molecule has 0 spiro atoms. The van der Waals surface area contributed by atoms with E-state index in [2.05, 4.69) is 20.7 Å². The van der Waals surface area contributed by atoms with Gasteiger partial charge in [-0.1, -0.05) is 27.7 Å². The van der Waals surface area contributed by atoms with E-state index in [0.29, 0.717) is 13.1 Å². The summed E-state index contributed by atoms with van der Waals surface area (Å²) in [7, 11) is -3.48. The summed E-state index contributed by atoms with van der Waals surface area (Å²) in [6.07, 6.45) is -0.710. The number of piperidine rings is 1. The minimum Gasteiger partial charge on any atom is -0.391 e. The van der Waals surface area contributed by atoms with Crippen molar-refractivity contribution in [2.24, 2.45) is 23.5 Å². The van der Waals surface area contributed by atoms with Crippen molar-refractivity contribution < 1.29 is 27.9 Å². The van der Waals surface area contributed by atoms with Gasteiger partial charge in [-0.25, -0.2) is 13.1 Å². The zero-order chi connectivity index (χ0) is 25.3. The summed E-state index contributed by atoms with van der Waals surface area (Å²) in [6.45, 7) is 9.31. The van der Waals surface area contributed by atoms with E-state index >= 15 is 0 Å². The maximum absolute atomic E-state index is 12.9. The van der Waals surface area contributed by atoms with Crippen molar-refractivity contribution in [3.05, 3.63) is 0 Å². The molecular weight excluding hydrogens is 450 g/mol. The van der Waals surface area contributed by atoms with Gasteiger partial charge in [0.15, 0.2) is 5.78 Å². The van der Waals surface area contributed by atoms with Crippen molar-refractivity contribution >= 4 is 27.6 Å². The third-order valence-electron chi connectivity index (χ3n) is 5.37. The summed E-state index contributed by atoms with van der Waals surface area (Å²) in [5.74, 6) is -2.30. The van der Waals surface area contributed by atoms with Crippen LogP contribution < -0.4 is 26.4 Å². The van der Waals surface area contributed by atoms with Crippen LogP contribution >= 0.6 is 0 Å². The number of ketones is 1. The normalized spacial score (nSPS) is 22.0. The predicted molar refractivity (Wildman–Crippen MR) is 126 cm³/mol. The molecule has 1 fully saturated rings. The Hall–Kier alpha value is -1.60. The smallest absolute Gasteiger partial charge is 0.245 e. The molecule has 0 bridgehead atoms. The minimum absolute atomic E-state index is 0.0102. The van der Waals surface area contributed by atoms with Crippen LogP contribution in [0.4, 0.5) is 0 Å². The molecule has 0 saturated carbocycles. The molecule has 12 heteroatoms. The van der Waals surface area contributed by atoms with Crippen LogP contribution in [0.1, 0.15) is 47.5 Å². The number of nitrogens with one attached hydrogen (secondary N) is 4. The Balaban J connectivity index is 2.81. The van der Waals surface area contributed by atoms with Crippen molar-refractivity contribution in [2.75, 3.05) is 25.4 Å². The van der Waals surface area contributed by atoms with Gasteiger partial charge in [0.25, 0.3) is 0 Å². The number of carbonyl (C=O) groups excluding carboxylic acids is 3. The lowest BCUT2D eigenvalue weighted by Crippen LogP contribution is -2.59. The second kappa shape index (κ2) is 13.3. The maximum atomic E-state index is 12.9. The molecule has 11 nitrogen and oxygen atoms in total. The number of sulfonamides is 1. The zero-order valence-corrected chi connectivity index (χ0v) is 21.1. The Kier molecular flexibility index (Phi) is 11.9. The van der Waals surface area contributed by atoms with E-state index < -0.39 is 52.0 Å². The number of aliphatic hydroxyl groups is 1. The Bertz CT molecular complexity index is 771. The molecule has 0 aromatic carbocycles. The summed E-state index contributed by atoms with van der Waals surface area (Å²) in [4.78, 5) is 38.0. The molecule has 33 heavy (non-hydrogen) atoms. The molecule has 1 aliphatic rings. The standard InChI is InChI=1S/C21H41N5O6S/c1-12(2)11-33(31,32)26-16-8-15(9-23-10-16)20(29)25-18(14(5)27)21(30)24-17(6-7-22)19(28)13(3)4/h12-18,23,26-27H,6-11,22H2,1-5H3,(H,24,30)(H,25,29)/t14-,15?,16?,17-,18-/m0/s1. The molecule has 0 aromatic heterocycles. The second-order valence-corrected chi connectivity index (χ2v) is 11.3. The summed E-state index contributed by atoms with van der Waals surface area (Å²) in [5, 5.41) is 18.3.